The Hall–Kier alpha value is -3.23. The summed E-state index contributed by atoms with van der Waals surface area (Å²) in [5.74, 6) is 1.34. The van der Waals surface area contributed by atoms with Crippen molar-refractivity contribution in [2.45, 2.75) is 13.3 Å². The Morgan fingerprint density at radius 1 is 1.00 bits per heavy atom. The lowest BCUT2D eigenvalue weighted by Gasteiger charge is -2.36. The molecule has 0 saturated carbocycles. The first kappa shape index (κ1) is 26.4. The van der Waals surface area contributed by atoms with E-state index in [1.807, 2.05) is 49.4 Å². The molecule has 2 aromatic carbocycles. The van der Waals surface area contributed by atoms with E-state index in [1.165, 1.54) is 4.90 Å². The lowest BCUT2D eigenvalue weighted by atomic mass is 10.2. The van der Waals surface area contributed by atoms with Crippen molar-refractivity contribution < 1.29 is 19.1 Å². The molecule has 1 N–H and O–H groups in total. The molecule has 0 unspecified atom stereocenters. The number of amides is 3. The molecular weight excluding hydrogens is 468 g/mol. The summed E-state index contributed by atoms with van der Waals surface area (Å²) >= 11 is 0. The van der Waals surface area contributed by atoms with E-state index in [9.17, 15) is 9.59 Å². The van der Waals surface area contributed by atoms with Gasteiger partial charge in [0.1, 0.15) is 17.2 Å². The predicted molar refractivity (Wildman–Crippen MR) is 139 cm³/mol. The number of halogens is 1. The molecule has 0 spiro atoms. The highest BCUT2D eigenvalue weighted by Gasteiger charge is 2.33. The molecule has 0 bridgehead atoms. The molecule has 2 heterocycles. The summed E-state index contributed by atoms with van der Waals surface area (Å²) < 4.78 is 11.0. The van der Waals surface area contributed by atoms with Gasteiger partial charge in [-0.1, -0.05) is 24.3 Å². The summed E-state index contributed by atoms with van der Waals surface area (Å²) in [6.45, 7) is 7.58. The molecule has 9 heteroatoms. The molecule has 2 saturated heterocycles. The molecule has 0 radical (unpaired) electrons. The van der Waals surface area contributed by atoms with Crippen LogP contribution in [0.4, 0.5) is 10.5 Å². The molecule has 2 aliphatic heterocycles. The smallest absolute Gasteiger partial charge is 0.329 e. The first-order valence-electron chi connectivity index (χ1n) is 11.8. The van der Waals surface area contributed by atoms with Crippen LogP contribution in [0.15, 0.2) is 54.2 Å². The third-order valence-electron chi connectivity index (χ3n) is 6.10. The monoisotopic (exact) mass is 500 g/mol. The van der Waals surface area contributed by atoms with Crippen LogP contribution in [-0.2, 0) is 4.79 Å². The van der Waals surface area contributed by atoms with Crippen molar-refractivity contribution in [1.82, 2.24) is 15.1 Å². The van der Waals surface area contributed by atoms with E-state index in [2.05, 4.69) is 21.2 Å². The van der Waals surface area contributed by atoms with Crippen LogP contribution in [-0.4, -0.2) is 74.7 Å². The van der Waals surface area contributed by atoms with Gasteiger partial charge in [-0.05, 0) is 55.8 Å². The van der Waals surface area contributed by atoms with Gasteiger partial charge in [-0.15, -0.1) is 12.4 Å². The van der Waals surface area contributed by atoms with E-state index >= 15 is 0 Å². The Labute approximate surface area is 212 Å². The van der Waals surface area contributed by atoms with Crippen LogP contribution in [0.3, 0.4) is 0 Å². The maximum absolute atomic E-state index is 12.8. The molecule has 4 rings (SSSR count). The highest BCUT2D eigenvalue weighted by molar-refractivity contribution is 6.13. The molecule has 2 fully saturated rings. The van der Waals surface area contributed by atoms with Crippen molar-refractivity contribution in [1.29, 1.82) is 0 Å². The summed E-state index contributed by atoms with van der Waals surface area (Å²) in [5, 5.41) is 2.69. The summed E-state index contributed by atoms with van der Waals surface area (Å²) in [7, 11) is 1.59. The number of methoxy groups -OCH3 is 1. The fourth-order valence-corrected chi connectivity index (χ4v) is 4.33. The third kappa shape index (κ3) is 6.46. The predicted octanol–water partition coefficient (Wildman–Crippen LogP) is 3.62. The van der Waals surface area contributed by atoms with Crippen molar-refractivity contribution in [3.63, 3.8) is 0 Å². The molecule has 8 nitrogen and oxygen atoms in total. The van der Waals surface area contributed by atoms with Crippen LogP contribution in [0, 0.1) is 0 Å². The molecule has 2 aromatic rings. The van der Waals surface area contributed by atoms with Crippen molar-refractivity contribution in [3.05, 3.63) is 59.8 Å². The number of carbonyl (C=O) groups excluding carboxylic acids is 2. The average Bonchev–Trinajstić information content (AvgIpc) is 3.12. The first-order chi connectivity index (χ1) is 16.6. The largest absolute Gasteiger partial charge is 0.497 e. The molecule has 188 valence electrons. The zero-order valence-corrected chi connectivity index (χ0v) is 21.1. The topological polar surface area (TPSA) is 74.3 Å². The minimum absolute atomic E-state index is 0. The zero-order chi connectivity index (χ0) is 23.9. The normalized spacial score (nSPS) is 17.4. The molecule has 0 aromatic heterocycles. The number of nitrogens with zero attached hydrogens (tertiary/aromatic N) is 3. The molecule has 35 heavy (non-hydrogen) atoms. The maximum Gasteiger partial charge on any atom is 0.329 e. The SMILES string of the molecule is CCOc1ccccc1N1CCN(CCCN2C(=O)N/C(=C\c3cccc(OC)c3)C2=O)CC1.Cl. The fraction of sp³-hybridized carbons (Fsp3) is 0.385. The highest BCUT2D eigenvalue weighted by Crippen LogP contribution is 2.28. The number of imide groups is 1. The number of nitrogens with one attached hydrogen (secondary N) is 1. The molecule has 0 atom stereocenters. The molecular formula is C26H33ClN4O4. The number of ether oxygens (including phenoxy) is 2. The van der Waals surface area contributed by atoms with Crippen LogP contribution in [0.5, 0.6) is 11.5 Å². The average molecular weight is 501 g/mol. The van der Waals surface area contributed by atoms with Crippen LogP contribution >= 0.6 is 12.4 Å². The Morgan fingerprint density at radius 2 is 1.77 bits per heavy atom. The Kier molecular flexibility index (Phi) is 9.39. The number of hydrogen-bond acceptors (Lipinski definition) is 6. The van der Waals surface area contributed by atoms with E-state index in [0.717, 1.165) is 56.1 Å². The van der Waals surface area contributed by atoms with Crippen molar-refractivity contribution in [2.75, 3.05) is 57.9 Å². The number of carbonyl (C=O) groups is 2. The third-order valence-corrected chi connectivity index (χ3v) is 6.10. The van der Waals surface area contributed by atoms with E-state index in [1.54, 1.807) is 13.2 Å². The minimum atomic E-state index is -0.364. The Morgan fingerprint density at radius 3 is 2.51 bits per heavy atom. The lowest BCUT2D eigenvalue weighted by molar-refractivity contribution is -0.122. The van der Waals surface area contributed by atoms with Gasteiger partial charge in [0.2, 0.25) is 0 Å². The van der Waals surface area contributed by atoms with Gasteiger partial charge in [-0.3, -0.25) is 14.6 Å². The second kappa shape index (κ2) is 12.5. The standard InChI is InChI=1S/C26H32N4O4.ClH/c1-3-34-24-11-5-4-10-23(24)29-16-14-28(15-17-29)12-7-13-30-25(31)22(27-26(30)32)19-20-8-6-9-21(18-20)33-2;/h4-6,8-11,18-19H,3,7,12-17H2,1-2H3,(H,27,32);1H/b22-19-;. The molecule has 0 aliphatic carbocycles. The number of para-hydroxylation sites is 2. The highest BCUT2D eigenvalue weighted by atomic mass is 35.5. The number of piperazine rings is 1. The number of rotatable bonds is 9. The quantitative estimate of drug-likeness (QED) is 0.419. The van der Waals surface area contributed by atoms with Gasteiger partial charge in [0, 0.05) is 32.7 Å². The molecule has 3 amide bonds. The van der Waals surface area contributed by atoms with Gasteiger partial charge in [-0.2, -0.15) is 0 Å². The van der Waals surface area contributed by atoms with Crippen LogP contribution in [0.1, 0.15) is 18.9 Å². The van der Waals surface area contributed by atoms with Gasteiger partial charge in [0.05, 0.1) is 19.4 Å². The first-order valence-corrected chi connectivity index (χ1v) is 11.8. The Bertz CT molecular complexity index is 1050. The van der Waals surface area contributed by atoms with Gasteiger partial charge in [0.25, 0.3) is 5.91 Å². The summed E-state index contributed by atoms with van der Waals surface area (Å²) in [6.07, 6.45) is 2.42. The van der Waals surface area contributed by atoms with Crippen LogP contribution in [0.25, 0.3) is 6.08 Å². The maximum atomic E-state index is 12.8. The minimum Gasteiger partial charge on any atom is -0.497 e. The van der Waals surface area contributed by atoms with Gasteiger partial charge in [0.15, 0.2) is 0 Å². The van der Waals surface area contributed by atoms with Gasteiger partial charge in [-0.25, -0.2) is 4.79 Å². The second-order valence-corrected chi connectivity index (χ2v) is 8.30. The number of hydrogen-bond donors (Lipinski definition) is 1. The van der Waals surface area contributed by atoms with Crippen molar-refractivity contribution in [3.8, 4) is 11.5 Å². The van der Waals surface area contributed by atoms with E-state index in [4.69, 9.17) is 9.47 Å². The van der Waals surface area contributed by atoms with Gasteiger partial charge < -0.3 is 19.7 Å². The van der Waals surface area contributed by atoms with E-state index in [0.29, 0.717) is 24.6 Å². The van der Waals surface area contributed by atoms with Crippen LogP contribution < -0.4 is 19.7 Å². The number of benzene rings is 2. The fourth-order valence-electron chi connectivity index (χ4n) is 4.33. The summed E-state index contributed by atoms with van der Waals surface area (Å²) in [5.41, 5.74) is 2.23. The van der Waals surface area contributed by atoms with Crippen molar-refractivity contribution in [2.24, 2.45) is 0 Å². The van der Waals surface area contributed by atoms with Gasteiger partial charge >= 0.3 is 6.03 Å². The van der Waals surface area contributed by atoms with Crippen LogP contribution in [0.2, 0.25) is 0 Å². The van der Waals surface area contributed by atoms with E-state index in [-0.39, 0.29) is 24.3 Å². The lowest BCUT2D eigenvalue weighted by Crippen LogP contribution is -2.47. The van der Waals surface area contributed by atoms with E-state index < -0.39 is 0 Å². The number of anilines is 1. The number of urea groups is 1. The summed E-state index contributed by atoms with van der Waals surface area (Å²) in [6, 6.07) is 15.2. The zero-order valence-electron chi connectivity index (χ0n) is 20.2. The summed E-state index contributed by atoms with van der Waals surface area (Å²) in [4.78, 5) is 31.2. The Balaban J connectivity index is 0.00000342. The molecule has 2 aliphatic rings. The van der Waals surface area contributed by atoms with Crippen molar-refractivity contribution >= 4 is 36.1 Å². The second-order valence-electron chi connectivity index (χ2n) is 8.30.